The molecule has 1 rings (SSSR count). The number of carboxylic acid groups (broad SMARTS) is 1. The van der Waals surface area contributed by atoms with Crippen LogP contribution in [0.2, 0.25) is 0 Å². The lowest BCUT2D eigenvalue weighted by molar-refractivity contribution is -0.131. The number of thiazole rings is 1. The van der Waals surface area contributed by atoms with Crippen molar-refractivity contribution in [2.75, 3.05) is 0 Å². The molecule has 0 unspecified atom stereocenters. The molecule has 0 atom stereocenters. The van der Waals surface area contributed by atoms with E-state index in [1.54, 1.807) is 6.20 Å². The molecule has 1 aromatic rings. The van der Waals surface area contributed by atoms with E-state index < -0.39 is 5.97 Å². The number of aromatic nitrogens is 1. The molecule has 0 aliphatic carbocycles. The Morgan fingerprint density at radius 2 is 2.55 bits per heavy atom. The first kappa shape index (κ1) is 7.94. The number of aryl methyl sites for hydroxylation is 1. The molecule has 4 heteroatoms. The zero-order valence-electron chi connectivity index (χ0n) is 5.94. The topological polar surface area (TPSA) is 50.2 Å². The summed E-state index contributed by atoms with van der Waals surface area (Å²) in [7, 11) is 0. The second-order valence-electron chi connectivity index (χ2n) is 1.95. The minimum atomic E-state index is -0.934. The fraction of sp³-hybridized carbons (Fsp3) is 0.143. The highest BCUT2D eigenvalue weighted by atomic mass is 32.1. The fourth-order valence-corrected chi connectivity index (χ4v) is 1.30. The summed E-state index contributed by atoms with van der Waals surface area (Å²) >= 11 is 1.47. The van der Waals surface area contributed by atoms with Gasteiger partial charge in [-0.15, -0.1) is 11.3 Å². The zero-order valence-corrected chi connectivity index (χ0v) is 6.76. The molecule has 11 heavy (non-hydrogen) atoms. The van der Waals surface area contributed by atoms with Gasteiger partial charge in [0.25, 0.3) is 0 Å². The molecular formula is C7H7NO2S. The van der Waals surface area contributed by atoms with Crippen molar-refractivity contribution in [1.82, 2.24) is 4.98 Å². The molecule has 0 saturated carbocycles. The number of hydrogen-bond acceptors (Lipinski definition) is 3. The van der Waals surface area contributed by atoms with E-state index in [1.807, 2.05) is 6.92 Å². The molecule has 0 aromatic carbocycles. The van der Waals surface area contributed by atoms with Gasteiger partial charge in [0, 0.05) is 17.2 Å². The molecular weight excluding hydrogens is 162 g/mol. The van der Waals surface area contributed by atoms with Gasteiger partial charge in [-0.25, -0.2) is 9.78 Å². The molecule has 1 heterocycles. The fourth-order valence-electron chi connectivity index (χ4n) is 0.608. The van der Waals surface area contributed by atoms with Crippen LogP contribution in [0, 0.1) is 6.92 Å². The zero-order chi connectivity index (χ0) is 8.27. The van der Waals surface area contributed by atoms with E-state index in [2.05, 4.69) is 4.98 Å². The summed E-state index contributed by atoms with van der Waals surface area (Å²) in [6.07, 6.45) is 4.29. The number of carboxylic acids is 1. The second kappa shape index (κ2) is 3.30. The van der Waals surface area contributed by atoms with Crippen LogP contribution in [0.25, 0.3) is 6.08 Å². The van der Waals surface area contributed by atoms with Gasteiger partial charge in [-0.2, -0.15) is 0 Å². The van der Waals surface area contributed by atoms with E-state index in [0.29, 0.717) is 0 Å². The Labute approximate surface area is 68.0 Å². The van der Waals surface area contributed by atoms with Gasteiger partial charge in [0.05, 0.1) is 5.01 Å². The third kappa shape index (κ3) is 2.51. The molecule has 3 nitrogen and oxygen atoms in total. The van der Waals surface area contributed by atoms with Crippen LogP contribution in [0.5, 0.6) is 0 Å². The van der Waals surface area contributed by atoms with Crippen LogP contribution in [0.1, 0.15) is 9.88 Å². The minimum Gasteiger partial charge on any atom is -0.478 e. The Morgan fingerprint density at radius 3 is 3.00 bits per heavy atom. The SMILES string of the molecule is Cc1ncc(/C=C/C(=O)O)s1. The van der Waals surface area contributed by atoms with Crippen molar-refractivity contribution in [2.45, 2.75) is 6.92 Å². The maximum absolute atomic E-state index is 10.1. The quantitative estimate of drug-likeness (QED) is 0.683. The minimum absolute atomic E-state index is 0.866. The summed E-state index contributed by atoms with van der Waals surface area (Å²) in [6, 6.07) is 0. The van der Waals surface area contributed by atoms with E-state index in [-0.39, 0.29) is 0 Å². The molecule has 1 aromatic heterocycles. The van der Waals surface area contributed by atoms with Gasteiger partial charge >= 0.3 is 5.97 Å². The van der Waals surface area contributed by atoms with Crippen molar-refractivity contribution in [3.8, 4) is 0 Å². The van der Waals surface area contributed by atoms with Crippen molar-refractivity contribution in [1.29, 1.82) is 0 Å². The predicted octanol–water partition coefficient (Wildman–Crippen LogP) is 1.55. The highest BCUT2D eigenvalue weighted by Gasteiger charge is 1.93. The first-order chi connectivity index (χ1) is 5.18. The summed E-state index contributed by atoms with van der Waals surface area (Å²) in [5.74, 6) is -0.934. The Hall–Kier alpha value is -1.16. The largest absolute Gasteiger partial charge is 0.478 e. The maximum atomic E-state index is 10.1. The van der Waals surface area contributed by atoms with Gasteiger partial charge in [-0.05, 0) is 13.0 Å². The molecule has 0 amide bonds. The third-order valence-electron chi connectivity index (χ3n) is 1.03. The molecule has 0 radical (unpaired) electrons. The monoisotopic (exact) mass is 169 g/mol. The molecule has 0 aliphatic rings. The van der Waals surface area contributed by atoms with Crippen molar-refractivity contribution in [2.24, 2.45) is 0 Å². The Bertz CT molecular complexity index is 290. The lowest BCUT2D eigenvalue weighted by Crippen LogP contribution is -1.84. The summed E-state index contributed by atoms with van der Waals surface area (Å²) in [4.78, 5) is 14.9. The van der Waals surface area contributed by atoms with Gasteiger partial charge in [0.2, 0.25) is 0 Å². The molecule has 0 spiro atoms. The van der Waals surface area contributed by atoms with Crippen LogP contribution in [-0.4, -0.2) is 16.1 Å². The molecule has 0 saturated heterocycles. The lowest BCUT2D eigenvalue weighted by atomic mass is 10.4. The van der Waals surface area contributed by atoms with E-state index >= 15 is 0 Å². The first-order valence-electron chi connectivity index (χ1n) is 3.02. The van der Waals surface area contributed by atoms with Gasteiger partial charge in [0.15, 0.2) is 0 Å². The predicted molar refractivity (Wildman–Crippen MR) is 43.5 cm³/mol. The molecule has 0 fully saturated rings. The van der Waals surface area contributed by atoms with Gasteiger partial charge < -0.3 is 5.11 Å². The Balaban J connectivity index is 2.71. The summed E-state index contributed by atoms with van der Waals surface area (Å²) in [5.41, 5.74) is 0. The summed E-state index contributed by atoms with van der Waals surface area (Å²) in [6.45, 7) is 1.88. The van der Waals surface area contributed by atoms with Crippen LogP contribution in [-0.2, 0) is 4.79 Å². The van der Waals surface area contributed by atoms with Crippen LogP contribution in [0.4, 0.5) is 0 Å². The number of nitrogens with zero attached hydrogens (tertiary/aromatic N) is 1. The maximum Gasteiger partial charge on any atom is 0.328 e. The highest BCUT2D eigenvalue weighted by molar-refractivity contribution is 7.12. The molecule has 0 bridgehead atoms. The second-order valence-corrected chi connectivity index (χ2v) is 3.22. The van der Waals surface area contributed by atoms with Crippen molar-refractivity contribution >= 4 is 23.4 Å². The van der Waals surface area contributed by atoms with Crippen molar-refractivity contribution in [3.05, 3.63) is 22.2 Å². The third-order valence-corrected chi connectivity index (χ3v) is 1.91. The van der Waals surface area contributed by atoms with Crippen LogP contribution in [0.3, 0.4) is 0 Å². The van der Waals surface area contributed by atoms with Crippen molar-refractivity contribution < 1.29 is 9.90 Å². The molecule has 1 N–H and O–H groups in total. The van der Waals surface area contributed by atoms with E-state index in [4.69, 9.17) is 5.11 Å². The number of rotatable bonds is 2. The van der Waals surface area contributed by atoms with Crippen LogP contribution in [0.15, 0.2) is 12.3 Å². The van der Waals surface area contributed by atoms with E-state index in [0.717, 1.165) is 16.0 Å². The average molecular weight is 169 g/mol. The molecule has 58 valence electrons. The number of carbonyl (C=O) groups is 1. The summed E-state index contributed by atoms with van der Waals surface area (Å²) < 4.78 is 0. The number of hydrogen-bond donors (Lipinski definition) is 1. The smallest absolute Gasteiger partial charge is 0.328 e. The normalized spacial score (nSPS) is 10.6. The van der Waals surface area contributed by atoms with Crippen LogP contribution < -0.4 is 0 Å². The average Bonchev–Trinajstić information content (AvgIpc) is 2.31. The van der Waals surface area contributed by atoms with Crippen LogP contribution >= 0.6 is 11.3 Å². The van der Waals surface area contributed by atoms with Gasteiger partial charge in [-0.1, -0.05) is 0 Å². The standard InChI is InChI=1S/C7H7NO2S/c1-5-8-4-6(11-5)2-3-7(9)10/h2-4H,1H3,(H,9,10)/b3-2+. The van der Waals surface area contributed by atoms with Gasteiger partial charge in [0.1, 0.15) is 0 Å². The highest BCUT2D eigenvalue weighted by Crippen LogP contribution is 2.12. The summed E-state index contributed by atoms with van der Waals surface area (Å²) in [5, 5.41) is 9.22. The van der Waals surface area contributed by atoms with E-state index in [1.165, 1.54) is 17.4 Å². The Kier molecular flexibility index (Phi) is 2.38. The first-order valence-corrected chi connectivity index (χ1v) is 3.83. The number of aliphatic carboxylic acids is 1. The lowest BCUT2D eigenvalue weighted by Gasteiger charge is -1.78. The van der Waals surface area contributed by atoms with E-state index in [9.17, 15) is 4.79 Å². The Morgan fingerprint density at radius 1 is 1.82 bits per heavy atom. The van der Waals surface area contributed by atoms with Gasteiger partial charge in [-0.3, -0.25) is 0 Å². The van der Waals surface area contributed by atoms with Crippen molar-refractivity contribution in [3.63, 3.8) is 0 Å². The molecule has 0 aliphatic heterocycles.